The van der Waals surface area contributed by atoms with E-state index < -0.39 is 0 Å². The molecule has 0 saturated heterocycles. The molecule has 0 saturated carbocycles. The number of anilines is 3. The van der Waals surface area contributed by atoms with Crippen molar-refractivity contribution in [2.24, 2.45) is 0 Å². The van der Waals surface area contributed by atoms with Crippen LogP contribution in [0.15, 0.2) is 54.7 Å². The quantitative estimate of drug-likeness (QED) is 0.740. The molecule has 0 radical (unpaired) electrons. The first-order valence-corrected chi connectivity index (χ1v) is 8.75. The lowest BCUT2D eigenvalue weighted by molar-refractivity contribution is 0.708. The van der Waals surface area contributed by atoms with E-state index in [0.29, 0.717) is 0 Å². The highest BCUT2D eigenvalue weighted by Gasteiger charge is 2.18. The average Bonchev–Trinajstić information content (AvgIpc) is 2.65. The van der Waals surface area contributed by atoms with Crippen LogP contribution in [0.3, 0.4) is 0 Å². The molecule has 0 aliphatic carbocycles. The zero-order valence-electron chi connectivity index (χ0n) is 14.0. The summed E-state index contributed by atoms with van der Waals surface area (Å²) in [5.74, 6) is 1.52. The van der Waals surface area contributed by atoms with Gasteiger partial charge < -0.3 is 10.2 Å². The highest BCUT2D eigenvalue weighted by Crippen LogP contribution is 2.27. The van der Waals surface area contributed by atoms with Gasteiger partial charge in [0.2, 0.25) is 5.95 Å². The van der Waals surface area contributed by atoms with Crippen molar-refractivity contribution in [3.8, 4) is 0 Å². The average molecular weight is 351 g/mol. The summed E-state index contributed by atoms with van der Waals surface area (Å²) in [4.78, 5) is 11.4. The van der Waals surface area contributed by atoms with E-state index in [4.69, 9.17) is 16.6 Å². The summed E-state index contributed by atoms with van der Waals surface area (Å²) in [5, 5.41) is 4.09. The Morgan fingerprint density at radius 1 is 1.04 bits per heavy atom. The van der Waals surface area contributed by atoms with Crippen molar-refractivity contribution in [1.82, 2.24) is 9.97 Å². The Balaban J connectivity index is 1.57. The normalized spacial score (nSPS) is 13.4. The molecule has 25 heavy (non-hydrogen) atoms. The molecule has 4 rings (SSSR count). The maximum atomic E-state index is 6.20. The van der Waals surface area contributed by atoms with Gasteiger partial charge in [-0.15, -0.1) is 0 Å². The molecule has 2 aromatic carbocycles. The lowest BCUT2D eigenvalue weighted by Crippen LogP contribution is -2.31. The summed E-state index contributed by atoms with van der Waals surface area (Å²) in [7, 11) is 0. The lowest BCUT2D eigenvalue weighted by Gasteiger charge is -2.29. The van der Waals surface area contributed by atoms with E-state index >= 15 is 0 Å². The summed E-state index contributed by atoms with van der Waals surface area (Å²) < 4.78 is 0. The molecule has 4 nitrogen and oxygen atoms in total. The van der Waals surface area contributed by atoms with Crippen molar-refractivity contribution in [3.05, 3.63) is 76.4 Å². The molecule has 126 valence electrons. The number of hydrogen-bond donors (Lipinski definition) is 1. The maximum absolute atomic E-state index is 6.20. The van der Waals surface area contributed by atoms with Crippen LogP contribution in [0.5, 0.6) is 0 Å². The largest absolute Gasteiger partial charge is 0.340 e. The second-order valence-electron chi connectivity index (χ2n) is 6.22. The van der Waals surface area contributed by atoms with Gasteiger partial charge in [0, 0.05) is 30.0 Å². The smallest absolute Gasteiger partial charge is 0.227 e. The number of hydrogen-bond acceptors (Lipinski definition) is 4. The Bertz CT molecular complexity index is 910. The van der Waals surface area contributed by atoms with Crippen LogP contribution in [0.2, 0.25) is 5.02 Å². The third-order valence-corrected chi connectivity index (χ3v) is 5.00. The Labute approximate surface area is 152 Å². The molecule has 0 atom stereocenters. The Morgan fingerprint density at radius 2 is 1.88 bits per heavy atom. The summed E-state index contributed by atoms with van der Waals surface area (Å²) >= 11 is 6.20. The van der Waals surface area contributed by atoms with E-state index in [9.17, 15) is 0 Å². The molecule has 0 amide bonds. The summed E-state index contributed by atoms with van der Waals surface area (Å²) in [5.41, 5.74) is 4.74. The number of aromatic nitrogens is 2. The topological polar surface area (TPSA) is 41.1 Å². The Morgan fingerprint density at radius 3 is 2.76 bits per heavy atom. The lowest BCUT2D eigenvalue weighted by atomic mass is 10.0. The molecular weight excluding hydrogens is 332 g/mol. The first kappa shape index (κ1) is 15.9. The molecule has 3 aromatic rings. The van der Waals surface area contributed by atoms with Gasteiger partial charge in [-0.3, -0.25) is 0 Å². The monoisotopic (exact) mass is 350 g/mol. The minimum absolute atomic E-state index is 0.743. The zero-order chi connectivity index (χ0) is 17.2. The van der Waals surface area contributed by atoms with Gasteiger partial charge in [-0.25, -0.2) is 4.98 Å². The van der Waals surface area contributed by atoms with Crippen LogP contribution in [-0.4, -0.2) is 16.5 Å². The van der Waals surface area contributed by atoms with Crippen LogP contribution < -0.4 is 10.2 Å². The number of nitrogens with zero attached hydrogens (tertiary/aromatic N) is 3. The van der Waals surface area contributed by atoms with E-state index in [1.807, 2.05) is 31.2 Å². The third kappa shape index (κ3) is 3.30. The molecule has 0 unspecified atom stereocenters. The van der Waals surface area contributed by atoms with Gasteiger partial charge in [0.05, 0.1) is 0 Å². The van der Waals surface area contributed by atoms with E-state index in [0.717, 1.165) is 47.6 Å². The summed E-state index contributed by atoms with van der Waals surface area (Å²) in [6.45, 7) is 3.76. The maximum Gasteiger partial charge on any atom is 0.227 e. The fourth-order valence-corrected chi connectivity index (χ4v) is 3.29. The molecule has 0 bridgehead atoms. The van der Waals surface area contributed by atoms with Gasteiger partial charge in [-0.2, -0.15) is 4.98 Å². The van der Waals surface area contributed by atoms with Crippen molar-refractivity contribution >= 4 is 29.1 Å². The predicted octanol–water partition coefficient (Wildman–Crippen LogP) is 4.74. The fraction of sp³-hybridized carbons (Fsp3) is 0.200. The highest BCUT2D eigenvalue weighted by atomic mass is 35.5. The SMILES string of the molecule is Cc1c(Cl)cccc1Nc1ccnc(N2CCc3ccccc3C2)n1. The third-order valence-electron chi connectivity index (χ3n) is 4.59. The zero-order valence-corrected chi connectivity index (χ0v) is 14.8. The first-order chi connectivity index (χ1) is 12.2. The molecule has 0 fully saturated rings. The predicted molar refractivity (Wildman–Crippen MR) is 103 cm³/mol. The van der Waals surface area contributed by atoms with Crippen molar-refractivity contribution < 1.29 is 0 Å². The van der Waals surface area contributed by atoms with Crippen LogP contribution >= 0.6 is 11.6 Å². The minimum atomic E-state index is 0.743. The molecular formula is C20H19ClN4. The fourth-order valence-electron chi connectivity index (χ4n) is 3.12. The van der Waals surface area contributed by atoms with Crippen molar-refractivity contribution in [1.29, 1.82) is 0 Å². The molecule has 1 aliphatic rings. The number of halogens is 1. The highest BCUT2D eigenvalue weighted by molar-refractivity contribution is 6.31. The van der Waals surface area contributed by atoms with Gasteiger partial charge in [-0.1, -0.05) is 41.9 Å². The Hall–Kier alpha value is -2.59. The van der Waals surface area contributed by atoms with Gasteiger partial charge in [0.15, 0.2) is 0 Å². The van der Waals surface area contributed by atoms with E-state index in [-0.39, 0.29) is 0 Å². The van der Waals surface area contributed by atoms with Gasteiger partial charge >= 0.3 is 0 Å². The van der Waals surface area contributed by atoms with E-state index in [1.165, 1.54) is 11.1 Å². The number of benzene rings is 2. The van der Waals surface area contributed by atoms with Crippen LogP contribution in [-0.2, 0) is 13.0 Å². The second kappa shape index (κ2) is 6.73. The van der Waals surface area contributed by atoms with E-state index in [2.05, 4.69) is 39.5 Å². The molecule has 0 spiro atoms. The minimum Gasteiger partial charge on any atom is -0.340 e. The van der Waals surface area contributed by atoms with Crippen LogP contribution in [0.4, 0.5) is 17.5 Å². The van der Waals surface area contributed by atoms with Crippen LogP contribution in [0.1, 0.15) is 16.7 Å². The standard InChI is InChI=1S/C20H19ClN4/c1-14-17(21)7-4-8-18(14)23-19-9-11-22-20(24-19)25-12-10-15-5-2-3-6-16(15)13-25/h2-9,11H,10,12-13H2,1H3,(H,22,23,24). The number of nitrogens with one attached hydrogen (secondary N) is 1. The number of rotatable bonds is 3. The summed E-state index contributed by atoms with van der Waals surface area (Å²) in [6.07, 6.45) is 2.82. The molecule has 5 heteroatoms. The van der Waals surface area contributed by atoms with Crippen LogP contribution in [0, 0.1) is 6.92 Å². The van der Waals surface area contributed by atoms with Crippen molar-refractivity contribution in [3.63, 3.8) is 0 Å². The molecule has 1 aromatic heterocycles. The number of fused-ring (bicyclic) bond motifs is 1. The van der Waals surface area contributed by atoms with Crippen molar-refractivity contribution in [2.45, 2.75) is 19.9 Å². The summed E-state index contributed by atoms with van der Waals surface area (Å²) in [6, 6.07) is 16.3. The van der Waals surface area contributed by atoms with Crippen LogP contribution in [0.25, 0.3) is 0 Å². The second-order valence-corrected chi connectivity index (χ2v) is 6.63. The van der Waals surface area contributed by atoms with Gasteiger partial charge in [0.25, 0.3) is 0 Å². The van der Waals surface area contributed by atoms with Gasteiger partial charge in [0.1, 0.15) is 5.82 Å². The van der Waals surface area contributed by atoms with Crippen molar-refractivity contribution in [2.75, 3.05) is 16.8 Å². The first-order valence-electron chi connectivity index (χ1n) is 8.37. The molecule has 2 heterocycles. The van der Waals surface area contributed by atoms with Gasteiger partial charge in [-0.05, 0) is 48.2 Å². The Kier molecular flexibility index (Phi) is 4.28. The van der Waals surface area contributed by atoms with E-state index in [1.54, 1.807) is 6.20 Å². The molecule has 1 aliphatic heterocycles. The molecule has 1 N–H and O–H groups in total.